The van der Waals surface area contributed by atoms with E-state index in [0.717, 1.165) is 6.54 Å². The van der Waals surface area contributed by atoms with Crippen molar-refractivity contribution in [1.29, 1.82) is 0 Å². The molecule has 0 radical (unpaired) electrons. The van der Waals surface area contributed by atoms with Gasteiger partial charge in [0.2, 0.25) is 0 Å². The van der Waals surface area contributed by atoms with Crippen LogP contribution in [0.25, 0.3) is 0 Å². The first-order valence-corrected chi connectivity index (χ1v) is 8.98. The van der Waals surface area contributed by atoms with Crippen LogP contribution in [0.4, 0.5) is 0 Å². The summed E-state index contributed by atoms with van der Waals surface area (Å²) in [4.78, 5) is 4.04. The molecule has 2 fully saturated rings. The van der Waals surface area contributed by atoms with Crippen molar-refractivity contribution < 1.29 is 0 Å². The van der Waals surface area contributed by atoms with Gasteiger partial charge >= 0.3 is 0 Å². The highest BCUT2D eigenvalue weighted by molar-refractivity contribution is 9.10. The van der Waals surface area contributed by atoms with Gasteiger partial charge in [0.15, 0.2) is 0 Å². The molecule has 2 aliphatic heterocycles. The van der Waals surface area contributed by atoms with Crippen molar-refractivity contribution in [2.45, 2.75) is 24.3 Å². The van der Waals surface area contributed by atoms with Gasteiger partial charge < -0.3 is 5.32 Å². The summed E-state index contributed by atoms with van der Waals surface area (Å²) in [6, 6.07) is 6.68. The molecule has 1 aromatic carbocycles. The number of halogens is 2. The Labute approximate surface area is 140 Å². The van der Waals surface area contributed by atoms with Crippen molar-refractivity contribution in [2.75, 3.05) is 32.4 Å². The van der Waals surface area contributed by atoms with Crippen molar-refractivity contribution in [2.24, 2.45) is 5.41 Å². The average molecular weight is 378 g/mol. The number of rotatable bonds is 3. The topological polar surface area (TPSA) is 15.3 Å². The molecule has 2 aliphatic rings. The number of hydrogen-bond donors (Lipinski definition) is 1. The Kier molecular flexibility index (Phi) is 5.83. The van der Waals surface area contributed by atoms with Crippen molar-refractivity contribution in [3.8, 4) is 0 Å². The van der Waals surface area contributed by atoms with Crippen molar-refractivity contribution in [1.82, 2.24) is 10.2 Å². The van der Waals surface area contributed by atoms with E-state index in [4.69, 9.17) is 0 Å². The lowest BCUT2D eigenvalue weighted by Gasteiger charge is -2.23. The predicted octanol–water partition coefficient (Wildman–Crippen LogP) is 3.78. The molecule has 20 heavy (non-hydrogen) atoms. The molecule has 0 saturated carbocycles. The second-order valence-electron chi connectivity index (χ2n) is 5.84. The molecule has 0 amide bonds. The van der Waals surface area contributed by atoms with Crippen molar-refractivity contribution in [3.63, 3.8) is 0 Å². The van der Waals surface area contributed by atoms with Crippen LogP contribution < -0.4 is 5.32 Å². The van der Waals surface area contributed by atoms with Gasteiger partial charge in [0.25, 0.3) is 0 Å². The van der Waals surface area contributed by atoms with E-state index in [2.05, 4.69) is 50.6 Å². The molecular formula is C15H22BrClN2S. The van der Waals surface area contributed by atoms with Gasteiger partial charge in [-0.25, -0.2) is 0 Å². The van der Waals surface area contributed by atoms with E-state index in [0.29, 0.717) is 5.41 Å². The van der Waals surface area contributed by atoms with Gasteiger partial charge in [0, 0.05) is 29.0 Å². The fourth-order valence-corrected chi connectivity index (χ4v) is 4.55. The first-order chi connectivity index (χ1) is 9.21. The summed E-state index contributed by atoms with van der Waals surface area (Å²) >= 11 is 5.41. The van der Waals surface area contributed by atoms with E-state index in [1.165, 1.54) is 54.0 Å². The quantitative estimate of drug-likeness (QED) is 0.807. The second kappa shape index (κ2) is 7.01. The maximum atomic E-state index is 3.56. The molecule has 2 nitrogen and oxygen atoms in total. The fourth-order valence-electron chi connectivity index (χ4n) is 3.40. The summed E-state index contributed by atoms with van der Waals surface area (Å²) in [6.45, 7) is 6.06. The van der Waals surface area contributed by atoms with E-state index in [9.17, 15) is 0 Å². The molecule has 1 unspecified atom stereocenters. The number of likely N-dealkylation sites (tertiary alicyclic amines) is 1. The number of nitrogens with one attached hydrogen (secondary N) is 1. The number of nitrogens with zero attached hydrogens (tertiary/aromatic N) is 1. The van der Waals surface area contributed by atoms with E-state index >= 15 is 0 Å². The standard InChI is InChI=1S/C15H21BrN2S.ClH/c1-19-14-8-13(16)3-2-12(14)9-18-7-5-15(11-18)4-6-17-10-15;/h2-3,8,17H,4-7,9-11H2,1H3;1H. The maximum absolute atomic E-state index is 3.56. The van der Waals surface area contributed by atoms with E-state index in [1.807, 2.05) is 11.8 Å². The summed E-state index contributed by atoms with van der Waals surface area (Å²) in [6.07, 6.45) is 4.89. The Morgan fingerprint density at radius 2 is 2.25 bits per heavy atom. The third-order valence-electron chi connectivity index (χ3n) is 4.49. The predicted molar refractivity (Wildman–Crippen MR) is 93.0 cm³/mol. The first kappa shape index (κ1) is 16.6. The van der Waals surface area contributed by atoms with E-state index in [-0.39, 0.29) is 12.4 Å². The van der Waals surface area contributed by atoms with E-state index < -0.39 is 0 Å². The number of hydrogen-bond acceptors (Lipinski definition) is 3. The average Bonchev–Trinajstić information content (AvgIpc) is 3.03. The minimum Gasteiger partial charge on any atom is -0.316 e. The zero-order chi connectivity index (χ0) is 13.3. The van der Waals surface area contributed by atoms with Crippen LogP contribution in [0.2, 0.25) is 0 Å². The highest BCUT2D eigenvalue weighted by atomic mass is 79.9. The van der Waals surface area contributed by atoms with Crippen LogP contribution in [-0.2, 0) is 6.54 Å². The zero-order valence-corrected chi connectivity index (χ0v) is 15.0. The third-order valence-corrected chi connectivity index (χ3v) is 5.81. The molecule has 1 aromatic rings. The lowest BCUT2D eigenvalue weighted by atomic mass is 9.86. The smallest absolute Gasteiger partial charge is 0.0245 e. The third kappa shape index (κ3) is 3.53. The van der Waals surface area contributed by atoms with Crippen LogP contribution in [-0.4, -0.2) is 37.3 Å². The molecule has 1 N–H and O–H groups in total. The van der Waals surface area contributed by atoms with Crippen LogP contribution in [0.3, 0.4) is 0 Å². The minimum absolute atomic E-state index is 0. The molecule has 1 atom stereocenters. The highest BCUT2D eigenvalue weighted by Gasteiger charge is 2.40. The van der Waals surface area contributed by atoms with E-state index in [1.54, 1.807) is 0 Å². The molecule has 0 bridgehead atoms. The normalized spacial score (nSPS) is 26.1. The Bertz CT molecular complexity index is 463. The Balaban J connectivity index is 0.00000147. The molecule has 1 spiro atoms. The second-order valence-corrected chi connectivity index (χ2v) is 7.61. The lowest BCUT2D eigenvalue weighted by Crippen LogP contribution is -2.29. The Hall–Kier alpha value is 0.260. The van der Waals surface area contributed by atoms with Gasteiger partial charge in [0.1, 0.15) is 0 Å². The SMILES string of the molecule is CSc1cc(Br)ccc1CN1CCC2(CCNC2)C1.Cl. The summed E-state index contributed by atoms with van der Waals surface area (Å²) in [5.41, 5.74) is 2.05. The van der Waals surface area contributed by atoms with Gasteiger partial charge in [0.05, 0.1) is 0 Å². The Morgan fingerprint density at radius 3 is 2.95 bits per heavy atom. The molecule has 0 aliphatic carbocycles. The molecule has 3 rings (SSSR count). The largest absolute Gasteiger partial charge is 0.316 e. The van der Waals surface area contributed by atoms with Crippen molar-refractivity contribution >= 4 is 40.1 Å². The molecule has 5 heteroatoms. The zero-order valence-electron chi connectivity index (χ0n) is 11.8. The van der Waals surface area contributed by atoms with Gasteiger partial charge in [-0.1, -0.05) is 22.0 Å². The van der Waals surface area contributed by atoms with Gasteiger partial charge in [-0.05, 0) is 55.3 Å². The molecule has 2 saturated heterocycles. The fraction of sp³-hybridized carbons (Fsp3) is 0.600. The van der Waals surface area contributed by atoms with Gasteiger partial charge in [-0.2, -0.15) is 0 Å². The molecule has 0 aromatic heterocycles. The lowest BCUT2D eigenvalue weighted by molar-refractivity contribution is 0.267. The summed E-state index contributed by atoms with van der Waals surface area (Å²) in [5.74, 6) is 0. The van der Waals surface area contributed by atoms with Gasteiger partial charge in [-0.3, -0.25) is 4.90 Å². The first-order valence-electron chi connectivity index (χ1n) is 6.96. The monoisotopic (exact) mass is 376 g/mol. The summed E-state index contributed by atoms with van der Waals surface area (Å²) < 4.78 is 1.18. The number of benzene rings is 1. The van der Waals surface area contributed by atoms with Crippen LogP contribution in [0.15, 0.2) is 27.6 Å². The van der Waals surface area contributed by atoms with Crippen LogP contribution in [0.1, 0.15) is 18.4 Å². The van der Waals surface area contributed by atoms with Crippen LogP contribution >= 0.6 is 40.1 Å². The van der Waals surface area contributed by atoms with Gasteiger partial charge in [-0.15, -0.1) is 24.2 Å². The maximum Gasteiger partial charge on any atom is 0.0245 e. The molecule has 2 heterocycles. The Morgan fingerprint density at radius 1 is 1.40 bits per heavy atom. The summed E-state index contributed by atoms with van der Waals surface area (Å²) in [5, 5.41) is 3.53. The minimum atomic E-state index is 0. The number of thioether (sulfide) groups is 1. The summed E-state index contributed by atoms with van der Waals surface area (Å²) in [7, 11) is 0. The van der Waals surface area contributed by atoms with Crippen LogP contribution in [0.5, 0.6) is 0 Å². The van der Waals surface area contributed by atoms with Crippen molar-refractivity contribution in [3.05, 3.63) is 28.2 Å². The van der Waals surface area contributed by atoms with Crippen LogP contribution in [0, 0.1) is 5.41 Å². The molecule has 112 valence electrons. The highest BCUT2D eigenvalue weighted by Crippen LogP contribution is 2.37. The molecular weight excluding hydrogens is 356 g/mol.